The summed E-state index contributed by atoms with van der Waals surface area (Å²) in [7, 11) is -3.30. The SMILES string of the molecule is Cc1cc(S(=O)(=O)CCNC2CC2)ccc1F. The van der Waals surface area contributed by atoms with E-state index in [0.29, 0.717) is 18.2 Å². The summed E-state index contributed by atoms with van der Waals surface area (Å²) >= 11 is 0. The molecule has 0 radical (unpaired) electrons. The number of nitrogens with one attached hydrogen (secondary N) is 1. The van der Waals surface area contributed by atoms with Gasteiger partial charge in [0, 0.05) is 12.6 Å². The molecule has 1 N–H and O–H groups in total. The zero-order chi connectivity index (χ0) is 12.5. The van der Waals surface area contributed by atoms with Crippen molar-refractivity contribution in [2.45, 2.75) is 30.7 Å². The van der Waals surface area contributed by atoms with Crippen LogP contribution >= 0.6 is 0 Å². The monoisotopic (exact) mass is 257 g/mol. The lowest BCUT2D eigenvalue weighted by atomic mass is 10.2. The van der Waals surface area contributed by atoms with Gasteiger partial charge in [-0.3, -0.25) is 0 Å². The summed E-state index contributed by atoms with van der Waals surface area (Å²) in [4.78, 5) is 0.203. The Hall–Kier alpha value is -0.940. The second-order valence-corrected chi connectivity index (χ2v) is 6.57. The number of sulfone groups is 1. The molecule has 0 spiro atoms. The Morgan fingerprint density at radius 2 is 2.12 bits per heavy atom. The van der Waals surface area contributed by atoms with Crippen LogP contribution in [0.1, 0.15) is 18.4 Å². The van der Waals surface area contributed by atoms with Gasteiger partial charge in [0.25, 0.3) is 0 Å². The minimum Gasteiger partial charge on any atom is -0.313 e. The average Bonchev–Trinajstić information content (AvgIpc) is 3.05. The van der Waals surface area contributed by atoms with Crippen molar-refractivity contribution in [3.63, 3.8) is 0 Å². The molecule has 0 atom stereocenters. The molecule has 0 saturated heterocycles. The first-order valence-electron chi connectivity index (χ1n) is 5.71. The fourth-order valence-corrected chi connectivity index (χ4v) is 2.87. The second-order valence-electron chi connectivity index (χ2n) is 4.46. The topological polar surface area (TPSA) is 46.2 Å². The fraction of sp³-hybridized carbons (Fsp3) is 0.500. The Balaban J connectivity index is 2.04. The number of halogens is 1. The van der Waals surface area contributed by atoms with E-state index in [2.05, 4.69) is 5.32 Å². The summed E-state index contributed by atoms with van der Waals surface area (Å²) in [5, 5.41) is 3.16. The third-order valence-electron chi connectivity index (χ3n) is 2.87. The highest BCUT2D eigenvalue weighted by Gasteiger charge is 2.22. The van der Waals surface area contributed by atoms with Crippen LogP contribution in [-0.2, 0) is 9.84 Å². The van der Waals surface area contributed by atoms with Gasteiger partial charge in [0.15, 0.2) is 9.84 Å². The molecule has 1 fully saturated rings. The first kappa shape index (κ1) is 12.5. The molecule has 2 rings (SSSR count). The summed E-state index contributed by atoms with van der Waals surface area (Å²) in [5.74, 6) is -0.311. The van der Waals surface area contributed by atoms with E-state index in [0.717, 1.165) is 12.8 Å². The zero-order valence-electron chi connectivity index (χ0n) is 9.74. The van der Waals surface area contributed by atoms with Crippen LogP contribution in [0.5, 0.6) is 0 Å². The van der Waals surface area contributed by atoms with Crippen molar-refractivity contribution in [3.8, 4) is 0 Å². The Bertz CT molecular complexity index is 509. The van der Waals surface area contributed by atoms with Gasteiger partial charge in [-0.2, -0.15) is 0 Å². The molecule has 0 aliphatic heterocycles. The molecule has 94 valence electrons. The molecule has 3 nitrogen and oxygen atoms in total. The summed E-state index contributed by atoms with van der Waals surface area (Å²) < 4.78 is 36.9. The molecule has 5 heteroatoms. The molecular weight excluding hydrogens is 241 g/mol. The maximum absolute atomic E-state index is 13.0. The molecule has 0 unspecified atom stereocenters. The highest BCUT2D eigenvalue weighted by molar-refractivity contribution is 7.91. The van der Waals surface area contributed by atoms with Gasteiger partial charge in [0.2, 0.25) is 0 Å². The smallest absolute Gasteiger partial charge is 0.179 e. The molecule has 17 heavy (non-hydrogen) atoms. The Morgan fingerprint density at radius 1 is 1.41 bits per heavy atom. The van der Waals surface area contributed by atoms with Gasteiger partial charge in [-0.05, 0) is 43.5 Å². The minimum absolute atomic E-state index is 0.0641. The third kappa shape index (κ3) is 3.26. The van der Waals surface area contributed by atoms with Crippen LogP contribution in [0.3, 0.4) is 0 Å². The van der Waals surface area contributed by atoms with Crippen LogP contribution < -0.4 is 5.32 Å². The van der Waals surface area contributed by atoms with Crippen molar-refractivity contribution in [2.75, 3.05) is 12.3 Å². The molecule has 1 aromatic rings. The number of rotatable bonds is 5. The van der Waals surface area contributed by atoms with Gasteiger partial charge in [-0.15, -0.1) is 0 Å². The van der Waals surface area contributed by atoms with Crippen LogP contribution in [0.2, 0.25) is 0 Å². The average molecular weight is 257 g/mol. The molecule has 0 bridgehead atoms. The molecule has 1 aliphatic carbocycles. The van der Waals surface area contributed by atoms with Crippen molar-refractivity contribution in [1.82, 2.24) is 5.32 Å². The van der Waals surface area contributed by atoms with E-state index >= 15 is 0 Å². The van der Waals surface area contributed by atoms with Gasteiger partial charge in [0.05, 0.1) is 10.6 Å². The molecular formula is C12H16FNO2S. The fourth-order valence-electron chi connectivity index (χ4n) is 1.61. The normalized spacial score (nSPS) is 16.1. The first-order chi connectivity index (χ1) is 7.99. The lowest BCUT2D eigenvalue weighted by Gasteiger charge is -2.06. The predicted molar refractivity (Wildman–Crippen MR) is 64.2 cm³/mol. The predicted octanol–water partition coefficient (Wildman–Crippen LogP) is 1.66. The van der Waals surface area contributed by atoms with E-state index in [1.807, 2.05) is 0 Å². The molecule has 1 aliphatic rings. The van der Waals surface area contributed by atoms with Crippen molar-refractivity contribution in [1.29, 1.82) is 0 Å². The third-order valence-corrected chi connectivity index (χ3v) is 4.58. The largest absolute Gasteiger partial charge is 0.313 e. The number of hydrogen-bond donors (Lipinski definition) is 1. The van der Waals surface area contributed by atoms with Gasteiger partial charge < -0.3 is 5.32 Å². The summed E-state index contributed by atoms with van der Waals surface area (Å²) in [6.45, 7) is 2.03. The molecule has 0 amide bonds. The van der Waals surface area contributed by atoms with Gasteiger partial charge in [-0.25, -0.2) is 12.8 Å². The minimum atomic E-state index is -3.30. The quantitative estimate of drug-likeness (QED) is 0.816. The summed E-state index contributed by atoms with van der Waals surface area (Å²) in [6.07, 6.45) is 2.27. The van der Waals surface area contributed by atoms with Gasteiger partial charge in [-0.1, -0.05) is 0 Å². The van der Waals surface area contributed by atoms with Crippen LogP contribution in [0, 0.1) is 12.7 Å². The first-order valence-corrected chi connectivity index (χ1v) is 7.36. The number of benzene rings is 1. The van der Waals surface area contributed by atoms with Crippen LogP contribution in [0.4, 0.5) is 4.39 Å². The molecule has 1 saturated carbocycles. The van der Waals surface area contributed by atoms with E-state index in [-0.39, 0.29) is 16.5 Å². The zero-order valence-corrected chi connectivity index (χ0v) is 10.6. The standard InChI is InChI=1S/C12H16FNO2S/c1-9-8-11(4-5-12(9)13)17(15,16)7-6-14-10-2-3-10/h4-5,8,10,14H,2-3,6-7H2,1H3. The van der Waals surface area contributed by atoms with Crippen LogP contribution in [0.15, 0.2) is 23.1 Å². The lowest BCUT2D eigenvalue weighted by Crippen LogP contribution is -2.24. The number of hydrogen-bond acceptors (Lipinski definition) is 3. The second kappa shape index (κ2) is 4.74. The van der Waals surface area contributed by atoms with Crippen molar-refractivity contribution < 1.29 is 12.8 Å². The van der Waals surface area contributed by atoms with Gasteiger partial charge in [0.1, 0.15) is 5.82 Å². The Morgan fingerprint density at radius 3 is 2.71 bits per heavy atom. The highest BCUT2D eigenvalue weighted by Crippen LogP contribution is 2.19. The maximum Gasteiger partial charge on any atom is 0.179 e. The van der Waals surface area contributed by atoms with Gasteiger partial charge >= 0.3 is 0 Å². The van der Waals surface area contributed by atoms with Crippen molar-refractivity contribution >= 4 is 9.84 Å². The number of aryl methyl sites for hydroxylation is 1. The highest BCUT2D eigenvalue weighted by atomic mass is 32.2. The van der Waals surface area contributed by atoms with E-state index in [1.165, 1.54) is 18.2 Å². The Kier molecular flexibility index (Phi) is 3.49. The van der Waals surface area contributed by atoms with E-state index in [9.17, 15) is 12.8 Å². The van der Waals surface area contributed by atoms with Crippen LogP contribution in [0.25, 0.3) is 0 Å². The molecule has 1 aromatic carbocycles. The molecule has 0 aromatic heterocycles. The summed E-state index contributed by atoms with van der Waals surface area (Å²) in [5.41, 5.74) is 0.362. The maximum atomic E-state index is 13.0. The van der Waals surface area contributed by atoms with E-state index in [1.54, 1.807) is 6.92 Å². The Labute approximate surface area is 101 Å². The van der Waals surface area contributed by atoms with Crippen molar-refractivity contribution in [3.05, 3.63) is 29.6 Å². The van der Waals surface area contributed by atoms with E-state index < -0.39 is 9.84 Å². The van der Waals surface area contributed by atoms with E-state index in [4.69, 9.17) is 0 Å². The molecule has 0 heterocycles. The van der Waals surface area contributed by atoms with Crippen molar-refractivity contribution in [2.24, 2.45) is 0 Å². The van der Waals surface area contributed by atoms with Crippen LogP contribution in [-0.4, -0.2) is 26.8 Å². The summed E-state index contributed by atoms with van der Waals surface area (Å²) in [6, 6.07) is 4.42. The lowest BCUT2D eigenvalue weighted by molar-refractivity contribution is 0.588.